The van der Waals surface area contributed by atoms with Crippen molar-refractivity contribution in [2.75, 3.05) is 0 Å². The van der Waals surface area contributed by atoms with Gasteiger partial charge in [-0.05, 0) is 33.7 Å². The highest BCUT2D eigenvalue weighted by atomic mass is 35.5. The predicted octanol–water partition coefficient (Wildman–Crippen LogP) is 4.87. The largest absolute Gasteiger partial charge is 0.117 e. The molecular formula is C15H15Cl. The monoisotopic (exact) mass is 230 g/mol. The van der Waals surface area contributed by atoms with Gasteiger partial charge in [0.2, 0.25) is 0 Å². The molecule has 3 unspecified atom stereocenters. The summed E-state index contributed by atoms with van der Waals surface area (Å²) in [5.74, 6) is 1.09. The zero-order valence-electron chi connectivity index (χ0n) is 9.57. The fourth-order valence-corrected chi connectivity index (χ4v) is 3.27. The molecule has 3 atom stereocenters. The van der Waals surface area contributed by atoms with Gasteiger partial charge < -0.3 is 0 Å². The van der Waals surface area contributed by atoms with Crippen LogP contribution in [0.4, 0.5) is 0 Å². The van der Waals surface area contributed by atoms with Crippen LogP contribution in [-0.4, -0.2) is 0 Å². The van der Waals surface area contributed by atoms with Crippen LogP contribution in [0.1, 0.15) is 36.3 Å². The summed E-state index contributed by atoms with van der Waals surface area (Å²) < 4.78 is 0. The molecular weight excluding hydrogens is 216 g/mol. The lowest BCUT2D eigenvalue weighted by atomic mass is 9.93. The van der Waals surface area contributed by atoms with Gasteiger partial charge in [-0.15, -0.1) is 11.6 Å². The van der Waals surface area contributed by atoms with E-state index in [0.29, 0.717) is 11.8 Å². The fourth-order valence-electron chi connectivity index (χ4n) is 2.86. The van der Waals surface area contributed by atoms with Crippen molar-refractivity contribution < 1.29 is 0 Å². The molecule has 0 nitrogen and oxygen atoms in total. The first-order valence-corrected chi connectivity index (χ1v) is 6.29. The van der Waals surface area contributed by atoms with Crippen LogP contribution in [-0.2, 0) is 0 Å². The molecule has 1 aliphatic carbocycles. The first kappa shape index (κ1) is 10.2. The van der Waals surface area contributed by atoms with E-state index in [2.05, 4.69) is 50.2 Å². The van der Waals surface area contributed by atoms with Gasteiger partial charge >= 0.3 is 0 Å². The molecule has 2 aromatic carbocycles. The summed E-state index contributed by atoms with van der Waals surface area (Å²) in [4.78, 5) is 0. The van der Waals surface area contributed by atoms with E-state index in [-0.39, 0.29) is 5.38 Å². The molecule has 0 fully saturated rings. The Morgan fingerprint density at radius 3 is 2.56 bits per heavy atom. The second-order valence-corrected chi connectivity index (χ2v) is 5.31. The molecule has 0 N–H and O–H groups in total. The van der Waals surface area contributed by atoms with Gasteiger partial charge in [0.05, 0.1) is 5.38 Å². The van der Waals surface area contributed by atoms with E-state index in [1.165, 1.54) is 21.9 Å². The highest BCUT2D eigenvalue weighted by molar-refractivity contribution is 6.21. The van der Waals surface area contributed by atoms with Gasteiger partial charge in [-0.25, -0.2) is 0 Å². The van der Waals surface area contributed by atoms with Crippen LogP contribution in [0.15, 0.2) is 36.4 Å². The number of benzene rings is 2. The van der Waals surface area contributed by atoms with E-state index in [4.69, 9.17) is 11.6 Å². The lowest BCUT2D eigenvalue weighted by Crippen LogP contribution is -2.00. The maximum Gasteiger partial charge on any atom is 0.0619 e. The average molecular weight is 231 g/mol. The highest BCUT2D eigenvalue weighted by Crippen LogP contribution is 2.50. The van der Waals surface area contributed by atoms with Crippen molar-refractivity contribution in [3.63, 3.8) is 0 Å². The predicted molar refractivity (Wildman–Crippen MR) is 70.1 cm³/mol. The van der Waals surface area contributed by atoms with E-state index in [1.807, 2.05) is 0 Å². The number of hydrogen-bond donors (Lipinski definition) is 0. The molecule has 0 amide bonds. The fraction of sp³-hybridized carbons (Fsp3) is 0.333. The number of rotatable bonds is 0. The van der Waals surface area contributed by atoms with E-state index in [1.54, 1.807) is 0 Å². The minimum atomic E-state index is 0.176. The van der Waals surface area contributed by atoms with E-state index in [0.717, 1.165) is 0 Å². The van der Waals surface area contributed by atoms with Crippen LogP contribution in [0.25, 0.3) is 10.8 Å². The Bertz CT molecular complexity index is 544. The third kappa shape index (κ3) is 1.23. The van der Waals surface area contributed by atoms with Crippen LogP contribution in [0, 0.1) is 5.92 Å². The zero-order chi connectivity index (χ0) is 11.3. The summed E-state index contributed by atoms with van der Waals surface area (Å²) in [6, 6.07) is 13.0. The highest BCUT2D eigenvalue weighted by Gasteiger charge is 2.34. The second-order valence-electron chi connectivity index (χ2n) is 4.84. The molecule has 0 aliphatic heterocycles. The van der Waals surface area contributed by atoms with Crippen LogP contribution in [0.5, 0.6) is 0 Å². The van der Waals surface area contributed by atoms with Crippen molar-refractivity contribution in [1.82, 2.24) is 0 Å². The smallest absolute Gasteiger partial charge is 0.0619 e. The van der Waals surface area contributed by atoms with Gasteiger partial charge in [-0.2, -0.15) is 0 Å². The van der Waals surface area contributed by atoms with Crippen LogP contribution in [0.2, 0.25) is 0 Å². The van der Waals surface area contributed by atoms with Crippen molar-refractivity contribution in [1.29, 1.82) is 0 Å². The molecule has 16 heavy (non-hydrogen) atoms. The quantitative estimate of drug-likeness (QED) is 0.567. The van der Waals surface area contributed by atoms with Crippen molar-refractivity contribution in [3.05, 3.63) is 47.5 Å². The zero-order valence-corrected chi connectivity index (χ0v) is 10.3. The summed E-state index contributed by atoms with van der Waals surface area (Å²) in [6.07, 6.45) is 0. The molecule has 0 radical (unpaired) electrons. The maximum absolute atomic E-state index is 6.49. The first-order valence-electron chi connectivity index (χ1n) is 5.85. The Morgan fingerprint density at radius 2 is 1.75 bits per heavy atom. The third-order valence-electron chi connectivity index (χ3n) is 4.01. The molecule has 82 valence electrons. The van der Waals surface area contributed by atoms with Gasteiger partial charge in [0.1, 0.15) is 0 Å². The molecule has 1 heteroatoms. The van der Waals surface area contributed by atoms with E-state index >= 15 is 0 Å². The minimum absolute atomic E-state index is 0.176. The summed E-state index contributed by atoms with van der Waals surface area (Å²) in [6.45, 7) is 4.54. The van der Waals surface area contributed by atoms with Gasteiger partial charge in [-0.3, -0.25) is 0 Å². The number of alkyl halides is 1. The van der Waals surface area contributed by atoms with Gasteiger partial charge in [0.15, 0.2) is 0 Å². The summed E-state index contributed by atoms with van der Waals surface area (Å²) in [5, 5.41) is 2.88. The van der Waals surface area contributed by atoms with Crippen LogP contribution < -0.4 is 0 Å². The second kappa shape index (κ2) is 3.49. The molecule has 0 spiro atoms. The van der Waals surface area contributed by atoms with Crippen molar-refractivity contribution >= 4 is 22.4 Å². The average Bonchev–Trinajstić information content (AvgIpc) is 2.55. The normalized spacial score (nSPS) is 28.3. The Hall–Kier alpha value is -1.01. The molecule has 0 saturated carbocycles. The summed E-state index contributed by atoms with van der Waals surface area (Å²) in [5.41, 5.74) is 2.80. The number of halogens is 1. The summed E-state index contributed by atoms with van der Waals surface area (Å²) in [7, 11) is 0. The molecule has 0 heterocycles. The molecule has 0 saturated heterocycles. The Balaban J connectivity index is 2.36. The Morgan fingerprint density at radius 1 is 1.00 bits per heavy atom. The van der Waals surface area contributed by atoms with E-state index < -0.39 is 0 Å². The standard InChI is InChI=1S/C15H15Cl/c1-9-10(2)15(16)13-8-7-11-5-3-4-6-12(11)14(9)13/h3-10,15H,1-2H3. The van der Waals surface area contributed by atoms with Crippen molar-refractivity contribution in [2.45, 2.75) is 25.1 Å². The van der Waals surface area contributed by atoms with Crippen molar-refractivity contribution in [3.8, 4) is 0 Å². The Labute approximate surface area is 101 Å². The topological polar surface area (TPSA) is 0 Å². The molecule has 0 bridgehead atoms. The lowest BCUT2D eigenvalue weighted by molar-refractivity contribution is 0.520. The minimum Gasteiger partial charge on any atom is -0.117 e. The van der Waals surface area contributed by atoms with Crippen LogP contribution >= 0.6 is 11.6 Å². The van der Waals surface area contributed by atoms with Crippen LogP contribution in [0.3, 0.4) is 0 Å². The lowest BCUT2D eigenvalue weighted by Gasteiger charge is -2.12. The van der Waals surface area contributed by atoms with Gasteiger partial charge in [0.25, 0.3) is 0 Å². The third-order valence-corrected chi connectivity index (χ3v) is 4.64. The molecule has 3 rings (SSSR count). The first-order chi connectivity index (χ1) is 7.70. The SMILES string of the molecule is CC1c2c(ccc3ccccc23)C(Cl)C1C. The number of fused-ring (bicyclic) bond motifs is 3. The molecule has 2 aromatic rings. The summed E-state index contributed by atoms with van der Waals surface area (Å²) >= 11 is 6.49. The number of hydrogen-bond acceptors (Lipinski definition) is 0. The van der Waals surface area contributed by atoms with Crippen molar-refractivity contribution in [2.24, 2.45) is 5.92 Å². The van der Waals surface area contributed by atoms with E-state index in [9.17, 15) is 0 Å². The van der Waals surface area contributed by atoms with Gasteiger partial charge in [-0.1, -0.05) is 50.2 Å². The molecule has 1 aliphatic rings. The van der Waals surface area contributed by atoms with Gasteiger partial charge in [0, 0.05) is 0 Å². The molecule has 0 aromatic heterocycles. The Kier molecular flexibility index (Phi) is 2.22. The maximum atomic E-state index is 6.49.